The molecule has 0 aromatic carbocycles. The predicted octanol–water partition coefficient (Wildman–Crippen LogP) is 0.948. The largest absolute Gasteiger partial charge is 0.383 e. The Bertz CT molecular complexity index is 246. The van der Waals surface area contributed by atoms with Crippen molar-refractivity contribution < 1.29 is 5.11 Å². The van der Waals surface area contributed by atoms with Crippen LogP contribution in [0.3, 0.4) is 0 Å². The summed E-state index contributed by atoms with van der Waals surface area (Å²) in [5.41, 5.74) is 1.68. The van der Waals surface area contributed by atoms with Crippen molar-refractivity contribution in [3.05, 3.63) is 30.1 Å². The fraction of sp³-hybridized carbons (Fsp3) is 0.375. The molecule has 1 N–H and O–H groups in total. The molecule has 1 unspecified atom stereocenters. The lowest BCUT2D eigenvalue weighted by molar-refractivity contribution is 0.223. The average Bonchev–Trinajstić information content (AvgIpc) is 2.31. The van der Waals surface area contributed by atoms with Crippen LogP contribution in [0.15, 0.2) is 18.7 Å². The second-order valence-electron chi connectivity index (χ2n) is 2.51. The summed E-state index contributed by atoms with van der Waals surface area (Å²) in [5.74, 6) is 0. The fourth-order valence-corrected chi connectivity index (χ4v) is 0.854. The van der Waals surface area contributed by atoms with E-state index in [1.165, 1.54) is 6.08 Å². The Balaban J connectivity index is 2.96. The number of aliphatic hydroxyl groups excluding tert-OH is 1. The van der Waals surface area contributed by atoms with E-state index in [1.54, 1.807) is 4.68 Å². The van der Waals surface area contributed by atoms with Gasteiger partial charge < -0.3 is 5.11 Å². The van der Waals surface area contributed by atoms with E-state index in [-0.39, 0.29) is 0 Å². The number of aliphatic hydroxyl groups is 1. The van der Waals surface area contributed by atoms with Gasteiger partial charge in [-0.1, -0.05) is 6.08 Å². The molecular weight excluding hydrogens is 140 g/mol. The van der Waals surface area contributed by atoms with Crippen molar-refractivity contribution in [2.45, 2.75) is 13.0 Å². The first-order chi connectivity index (χ1) is 5.15. The summed E-state index contributed by atoms with van der Waals surface area (Å²) in [7, 11) is 1.84. The van der Waals surface area contributed by atoms with E-state index in [1.807, 2.05) is 20.0 Å². The molecule has 0 amide bonds. The Morgan fingerprint density at radius 3 is 2.82 bits per heavy atom. The smallest absolute Gasteiger partial charge is 0.116 e. The molecule has 1 heterocycles. The third-order valence-corrected chi connectivity index (χ3v) is 1.66. The molecule has 0 bridgehead atoms. The van der Waals surface area contributed by atoms with Crippen LogP contribution in [-0.2, 0) is 7.05 Å². The number of aryl methyl sites for hydroxylation is 2. The first kappa shape index (κ1) is 8.01. The lowest BCUT2D eigenvalue weighted by Gasteiger charge is -1.97. The minimum atomic E-state index is -0.644. The molecule has 3 heteroatoms. The van der Waals surface area contributed by atoms with Gasteiger partial charge in [0.25, 0.3) is 0 Å². The molecule has 0 aliphatic carbocycles. The highest BCUT2D eigenvalue weighted by atomic mass is 16.3. The zero-order valence-electron chi connectivity index (χ0n) is 6.78. The van der Waals surface area contributed by atoms with Crippen molar-refractivity contribution >= 4 is 0 Å². The van der Waals surface area contributed by atoms with E-state index >= 15 is 0 Å². The minimum absolute atomic E-state index is 0.644. The highest BCUT2D eigenvalue weighted by Crippen LogP contribution is 2.11. The van der Waals surface area contributed by atoms with Crippen LogP contribution in [0.25, 0.3) is 0 Å². The summed E-state index contributed by atoms with van der Waals surface area (Å²) in [6.45, 7) is 5.41. The summed E-state index contributed by atoms with van der Waals surface area (Å²) < 4.78 is 1.72. The maximum Gasteiger partial charge on any atom is 0.116 e. The molecule has 0 radical (unpaired) electrons. The molecule has 0 fully saturated rings. The monoisotopic (exact) mass is 152 g/mol. The summed E-state index contributed by atoms with van der Waals surface area (Å²) in [4.78, 5) is 0. The zero-order chi connectivity index (χ0) is 8.43. The van der Waals surface area contributed by atoms with Gasteiger partial charge in [0.05, 0.1) is 5.69 Å². The molecule has 1 aromatic heterocycles. The van der Waals surface area contributed by atoms with Gasteiger partial charge in [0.2, 0.25) is 0 Å². The number of hydrogen-bond acceptors (Lipinski definition) is 2. The van der Waals surface area contributed by atoms with Crippen molar-refractivity contribution in [3.8, 4) is 0 Å². The van der Waals surface area contributed by atoms with E-state index in [2.05, 4.69) is 11.7 Å². The van der Waals surface area contributed by atoms with E-state index in [4.69, 9.17) is 0 Å². The molecule has 60 valence electrons. The van der Waals surface area contributed by atoms with Crippen LogP contribution in [-0.4, -0.2) is 14.9 Å². The van der Waals surface area contributed by atoms with Gasteiger partial charge in [-0.15, -0.1) is 6.58 Å². The third kappa shape index (κ3) is 1.49. The van der Waals surface area contributed by atoms with Crippen LogP contribution < -0.4 is 0 Å². The minimum Gasteiger partial charge on any atom is -0.383 e. The van der Waals surface area contributed by atoms with E-state index in [0.29, 0.717) is 5.69 Å². The molecule has 3 nitrogen and oxygen atoms in total. The molecule has 1 rings (SSSR count). The van der Waals surface area contributed by atoms with Gasteiger partial charge in [0, 0.05) is 12.7 Å². The van der Waals surface area contributed by atoms with E-state index in [0.717, 1.165) is 5.69 Å². The molecule has 0 aliphatic rings. The van der Waals surface area contributed by atoms with Crippen LogP contribution in [0.2, 0.25) is 0 Å². The Morgan fingerprint density at radius 2 is 2.45 bits per heavy atom. The lowest BCUT2D eigenvalue weighted by Crippen LogP contribution is -1.96. The highest BCUT2D eigenvalue weighted by molar-refractivity contribution is 5.14. The quantitative estimate of drug-likeness (QED) is 0.641. The highest BCUT2D eigenvalue weighted by Gasteiger charge is 2.07. The molecule has 0 saturated heterocycles. The molecule has 1 atom stereocenters. The Labute approximate surface area is 66.0 Å². The fourth-order valence-electron chi connectivity index (χ4n) is 0.854. The van der Waals surface area contributed by atoms with Crippen molar-refractivity contribution in [3.63, 3.8) is 0 Å². The maximum atomic E-state index is 9.27. The van der Waals surface area contributed by atoms with Crippen molar-refractivity contribution in [2.24, 2.45) is 7.05 Å². The SMILES string of the molecule is C=CC(O)c1cc(C)n(C)n1. The second-order valence-corrected chi connectivity index (χ2v) is 2.51. The number of hydrogen-bond donors (Lipinski definition) is 1. The molecule has 0 aliphatic heterocycles. The molecule has 0 saturated carbocycles. The molecule has 11 heavy (non-hydrogen) atoms. The average molecular weight is 152 g/mol. The van der Waals surface area contributed by atoms with Gasteiger partial charge in [0.1, 0.15) is 6.10 Å². The summed E-state index contributed by atoms with van der Waals surface area (Å²) in [6.07, 6.45) is 0.816. The summed E-state index contributed by atoms with van der Waals surface area (Å²) in [6, 6.07) is 1.84. The van der Waals surface area contributed by atoms with Crippen molar-refractivity contribution in [1.29, 1.82) is 0 Å². The summed E-state index contributed by atoms with van der Waals surface area (Å²) >= 11 is 0. The van der Waals surface area contributed by atoms with Gasteiger partial charge in [-0.3, -0.25) is 4.68 Å². The van der Waals surface area contributed by atoms with E-state index in [9.17, 15) is 5.11 Å². The normalized spacial score (nSPS) is 13.0. The number of rotatable bonds is 2. The van der Waals surface area contributed by atoms with Gasteiger partial charge in [-0.2, -0.15) is 5.10 Å². The number of aromatic nitrogens is 2. The van der Waals surface area contributed by atoms with Gasteiger partial charge in [-0.05, 0) is 13.0 Å². The molecule has 0 spiro atoms. The first-order valence-electron chi connectivity index (χ1n) is 3.46. The van der Waals surface area contributed by atoms with Gasteiger partial charge in [0.15, 0.2) is 0 Å². The molecular formula is C8H12N2O. The van der Waals surface area contributed by atoms with E-state index < -0.39 is 6.10 Å². The standard InChI is InChI=1S/C8H12N2O/c1-4-8(11)7-5-6(2)10(3)9-7/h4-5,8,11H,1H2,2-3H3. The summed E-state index contributed by atoms with van der Waals surface area (Å²) in [5, 5.41) is 13.3. The second kappa shape index (κ2) is 2.88. The number of nitrogens with zero attached hydrogens (tertiary/aromatic N) is 2. The van der Waals surface area contributed by atoms with Crippen LogP contribution in [0.5, 0.6) is 0 Å². The molecule has 1 aromatic rings. The van der Waals surface area contributed by atoms with Crippen LogP contribution in [0.4, 0.5) is 0 Å². The topological polar surface area (TPSA) is 38.0 Å². The Kier molecular flexibility index (Phi) is 2.10. The van der Waals surface area contributed by atoms with Crippen molar-refractivity contribution in [2.75, 3.05) is 0 Å². The Morgan fingerprint density at radius 1 is 1.82 bits per heavy atom. The van der Waals surface area contributed by atoms with Crippen LogP contribution in [0, 0.1) is 6.92 Å². The van der Waals surface area contributed by atoms with Crippen LogP contribution in [0.1, 0.15) is 17.5 Å². The van der Waals surface area contributed by atoms with Gasteiger partial charge in [-0.25, -0.2) is 0 Å². The first-order valence-corrected chi connectivity index (χ1v) is 3.46. The Hall–Kier alpha value is -1.09. The van der Waals surface area contributed by atoms with Crippen LogP contribution >= 0.6 is 0 Å². The predicted molar refractivity (Wildman–Crippen MR) is 43.1 cm³/mol. The van der Waals surface area contributed by atoms with Crippen molar-refractivity contribution in [1.82, 2.24) is 9.78 Å². The lowest BCUT2D eigenvalue weighted by atomic mass is 10.2. The maximum absolute atomic E-state index is 9.27. The van der Waals surface area contributed by atoms with Gasteiger partial charge >= 0.3 is 0 Å². The zero-order valence-corrected chi connectivity index (χ0v) is 6.78. The third-order valence-electron chi connectivity index (χ3n) is 1.66.